The number of allylic oxidation sites excluding steroid dienone is 4. The lowest BCUT2D eigenvalue weighted by atomic mass is 10.5. The van der Waals surface area contributed by atoms with Crippen molar-refractivity contribution in [3.63, 3.8) is 0 Å². The third-order valence-electron chi connectivity index (χ3n) is 0.415. The minimum Gasteiger partial charge on any atom is -0.0877 e. The van der Waals surface area contributed by atoms with Crippen molar-refractivity contribution in [3.8, 4) is 0 Å². The Labute approximate surface area is 39.2 Å². The van der Waals surface area contributed by atoms with Crippen molar-refractivity contribution in [3.05, 3.63) is 31.2 Å². The van der Waals surface area contributed by atoms with Crippen LogP contribution >= 0.6 is 0 Å². The molecule has 0 saturated heterocycles. The van der Waals surface area contributed by atoms with E-state index in [1.54, 1.807) is 6.08 Å². The van der Waals surface area contributed by atoms with Gasteiger partial charge in [-0.25, -0.2) is 0 Å². The molecule has 0 N–H and O–H groups in total. The van der Waals surface area contributed by atoms with Crippen LogP contribution in [0.2, 0.25) is 0 Å². The molecular formula is C6H8. The zero-order valence-corrected chi connectivity index (χ0v) is 3.89. The molecule has 0 aromatic heterocycles. The van der Waals surface area contributed by atoms with Crippen molar-refractivity contribution >= 4 is 0 Å². The van der Waals surface area contributed by atoms with E-state index in [1.807, 2.05) is 19.1 Å². The van der Waals surface area contributed by atoms with E-state index in [0.717, 1.165) is 0 Å². The molecule has 6 heavy (non-hydrogen) atoms. The Bertz CT molecular complexity index is 48.4. The van der Waals surface area contributed by atoms with Gasteiger partial charge in [-0.3, -0.25) is 0 Å². The van der Waals surface area contributed by atoms with Gasteiger partial charge in [-0.05, 0) is 13.8 Å². The van der Waals surface area contributed by atoms with E-state index >= 15 is 0 Å². The molecule has 0 saturated carbocycles. The van der Waals surface area contributed by atoms with Gasteiger partial charge in [0, 0.05) is 0 Å². The predicted octanol–water partition coefficient (Wildman–Crippen LogP) is 1.83. The summed E-state index contributed by atoms with van der Waals surface area (Å²) in [5.41, 5.74) is 0. The second-order valence-electron chi connectivity index (χ2n) is 0.911. The van der Waals surface area contributed by atoms with E-state index in [1.165, 1.54) is 6.08 Å². The lowest BCUT2D eigenvalue weighted by Gasteiger charge is -1.62. The van der Waals surface area contributed by atoms with Gasteiger partial charge in [0.1, 0.15) is 0 Å². The molecule has 0 bridgehead atoms. The summed E-state index contributed by atoms with van der Waals surface area (Å²) in [6.45, 7) is 6.93. The molecule has 0 aliphatic heterocycles. The van der Waals surface area contributed by atoms with Gasteiger partial charge in [0.25, 0.3) is 0 Å². The second kappa shape index (κ2) is 4.48. The Hall–Kier alpha value is -0.520. The zero-order chi connectivity index (χ0) is 4.83. The normalized spacial score (nSPS) is 11.7. The molecule has 0 aliphatic carbocycles. The molecule has 0 nitrogen and oxygen atoms in total. The van der Waals surface area contributed by atoms with Crippen LogP contribution in [0.15, 0.2) is 24.3 Å². The van der Waals surface area contributed by atoms with Crippen LogP contribution in [0, 0.1) is 6.92 Å². The lowest BCUT2D eigenvalue weighted by Crippen LogP contribution is -1.40. The summed E-state index contributed by atoms with van der Waals surface area (Å²) < 4.78 is 0. The summed E-state index contributed by atoms with van der Waals surface area (Å²) in [4.78, 5) is 0. The van der Waals surface area contributed by atoms with Crippen LogP contribution in [0.1, 0.15) is 6.92 Å². The van der Waals surface area contributed by atoms with E-state index in [4.69, 9.17) is 6.92 Å². The summed E-state index contributed by atoms with van der Waals surface area (Å²) in [7, 11) is 0. The molecule has 0 aromatic rings. The smallest absolute Gasteiger partial charge is 0.00925 e. The Morgan fingerprint density at radius 3 is 2.17 bits per heavy atom. The molecule has 0 heteroatoms. The van der Waals surface area contributed by atoms with E-state index in [-0.39, 0.29) is 0 Å². The van der Waals surface area contributed by atoms with Crippen molar-refractivity contribution in [1.29, 1.82) is 0 Å². The maximum atomic E-state index is 4.98. The molecule has 0 rings (SSSR count). The molecule has 0 unspecified atom stereocenters. The third kappa shape index (κ3) is 3.48. The first-order valence-electron chi connectivity index (χ1n) is 1.91. The topological polar surface area (TPSA) is 0 Å². The van der Waals surface area contributed by atoms with Gasteiger partial charge in [0.2, 0.25) is 0 Å². The average molecular weight is 80.1 g/mol. The van der Waals surface area contributed by atoms with Gasteiger partial charge in [-0.2, -0.15) is 0 Å². The number of hydrogen-bond acceptors (Lipinski definition) is 0. The fourth-order valence-corrected chi connectivity index (χ4v) is 0.175. The van der Waals surface area contributed by atoms with E-state index in [9.17, 15) is 0 Å². The van der Waals surface area contributed by atoms with Crippen LogP contribution in [0.4, 0.5) is 0 Å². The van der Waals surface area contributed by atoms with Crippen molar-refractivity contribution in [2.45, 2.75) is 6.92 Å². The molecule has 0 heterocycles. The quantitative estimate of drug-likeness (QED) is 0.421. The van der Waals surface area contributed by atoms with Gasteiger partial charge in [0.15, 0.2) is 0 Å². The summed E-state index contributed by atoms with van der Waals surface area (Å²) >= 11 is 0. The van der Waals surface area contributed by atoms with Crippen molar-refractivity contribution < 1.29 is 0 Å². The fraction of sp³-hybridized carbons (Fsp3) is 0.167. The number of hydrogen-bond donors (Lipinski definition) is 0. The Morgan fingerprint density at radius 2 is 2.00 bits per heavy atom. The molecule has 0 fully saturated rings. The highest BCUT2D eigenvalue weighted by Crippen LogP contribution is 1.70. The van der Waals surface area contributed by atoms with Gasteiger partial charge in [-0.1, -0.05) is 24.3 Å². The number of rotatable bonds is 1. The van der Waals surface area contributed by atoms with Crippen LogP contribution in [0.3, 0.4) is 0 Å². The maximum Gasteiger partial charge on any atom is -0.00925 e. The first kappa shape index (κ1) is 5.48. The largest absolute Gasteiger partial charge is 0.0877 e. The Balaban J connectivity index is 3.07. The zero-order valence-electron chi connectivity index (χ0n) is 3.89. The monoisotopic (exact) mass is 80.1 g/mol. The van der Waals surface area contributed by atoms with E-state index in [0.29, 0.717) is 0 Å². The summed E-state index contributed by atoms with van der Waals surface area (Å²) in [5, 5.41) is 0. The summed E-state index contributed by atoms with van der Waals surface area (Å²) in [6.07, 6.45) is 7.07. The Morgan fingerprint density at radius 1 is 1.33 bits per heavy atom. The standard InChI is InChI=1S/C6H8/c1-3-5-6-4-2/h1,3-6H,2H3/b5-3+,6-4+. The van der Waals surface area contributed by atoms with Crippen LogP contribution in [-0.2, 0) is 0 Å². The average Bonchev–Trinajstić information content (AvgIpc) is 1.61. The van der Waals surface area contributed by atoms with Crippen molar-refractivity contribution in [2.24, 2.45) is 0 Å². The van der Waals surface area contributed by atoms with Crippen molar-refractivity contribution in [2.75, 3.05) is 0 Å². The molecular weight excluding hydrogens is 72.1 g/mol. The SMILES string of the molecule is [CH]/C=C/C=C/C. The first-order chi connectivity index (χ1) is 2.91. The first-order valence-corrected chi connectivity index (χ1v) is 1.91. The van der Waals surface area contributed by atoms with E-state index in [2.05, 4.69) is 0 Å². The van der Waals surface area contributed by atoms with Gasteiger partial charge >= 0.3 is 0 Å². The third-order valence-corrected chi connectivity index (χ3v) is 0.415. The highest BCUT2D eigenvalue weighted by Gasteiger charge is 1.49. The molecule has 0 atom stereocenters. The predicted molar refractivity (Wildman–Crippen MR) is 28.3 cm³/mol. The molecule has 0 aromatic carbocycles. The Kier molecular flexibility index (Phi) is 4.09. The van der Waals surface area contributed by atoms with Crippen LogP contribution < -0.4 is 0 Å². The summed E-state index contributed by atoms with van der Waals surface area (Å²) in [5.74, 6) is 0. The highest BCUT2D eigenvalue weighted by molar-refractivity contribution is 5.01. The molecule has 32 valence electrons. The van der Waals surface area contributed by atoms with Crippen LogP contribution in [-0.4, -0.2) is 0 Å². The minimum atomic E-state index is 1.50. The van der Waals surface area contributed by atoms with Crippen LogP contribution in [0.25, 0.3) is 0 Å². The fourth-order valence-electron chi connectivity index (χ4n) is 0.175. The minimum absolute atomic E-state index is 1.50. The van der Waals surface area contributed by atoms with Crippen LogP contribution in [0.5, 0.6) is 0 Å². The molecule has 0 spiro atoms. The van der Waals surface area contributed by atoms with Gasteiger partial charge in [0.05, 0.1) is 0 Å². The maximum absolute atomic E-state index is 4.98. The van der Waals surface area contributed by atoms with Gasteiger partial charge < -0.3 is 0 Å². The molecule has 2 radical (unpaired) electrons. The van der Waals surface area contributed by atoms with Gasteiger partial charge in [-0.15, -0.1) is 0 Å². The molecule has 0 amide bonds. The lowest BCUT2D eigenvalue weighted by molar-refractivity contribution is 1.73. The molecule has 0 aliphatic rings. The van der Waals surface area contributed by atoms with E-state index < -0.39 is 0 Å². The van der Waals surface area contributed by atoms with Crippen molar-refractivity contribution in [1.82, 2.24) is 0 Å². The summed E-state index contributed by atoms with van der Waals surface area (Å²) in [6, 6.07) is 0. The highest BCUT2D eigenvalue weighted by atomic mass is 13.6. The second-order valence-corrected chi connectivity index (χ2v) is 0.911.